The summed E-state index contributed by atoms with van der Waals surface area (Å²) < 4.78 is 0. The summed E-state index contributed by atoms with van der Waals surface area (Å²) in [6.45, 7) is 20.5. The summed E-state index contributed by atoms with van der Waals surface area (Å²) in [5, 5.41) is 34.7. The molecule has 0 aromatic heterocycles. The first-order chi connectivity index (χ1) is 23.1. The molecule has 4 aliphatic carbocycles. The minimum absolute atomic E-state index is 0. The van der Waals surface area contributed by atoms with Gasteiger partial charge in [0.25, 0.3) is 0 Å². The molecule has 9 rings (SSSR count). The molecule has 5 aliphatic heterocycles. The molecule has 0 amide bonds. The Labute approximate surface area is 309 Å². The molecule has 0 aromatic carbocycles. The minimum Gasteiger partial charge on any atom is -0.286 e. The van der Waals surface area contributed by atoms with Crippen LogP contribution in [0, 0.1) is 94.7 Å². The predicted octanol–water partition coefficient (Wildman–Crippen LogP) is 4.57. The van der Waals surface area contributed by atoms with Gasteiger partial charge >= 0.3 is 0 Å². The van der Waals surface area contributed by atoms with E-state index in [1.165, 1.54) is 51.4 Å². The Morgan fingerprint density at radius 1 is 0.265 bits per heavy atom. The summed E-state index contributed by atoms with van der Waals surface area (Å²) in [6, 6.07) is 0. The van der Waals surface area contributed by atoms with Crippen LogP contribution in [-0.2, 0) is 17.1 Å². The minimum atomic E-state index is 0. The second kappa shape index (κ2) is 13.8. The normalized spacial score (nSPS) is 61.2. The fourth-order valence-corrected chi connectivity index (χ4v) is 14.7. The summed E-state index contributed by atoms with van der Waals surface area (Å²) >= 11 is 0. The van der Waals surface area contributed by atoms with Gasteiger partial charge < -0.3 is 0 Å². The summed E-state index contributed by atoms with van der Waals surface area (Å²) in [4.78, 5) is 0. The first-order valence-electron chi connectivity index (χ1n) is 21.2. The third-order valence-electron chi connectivity index (χ3n) is 18.2. The van der Waals surface area contributed by atoms with E-state index in [0.717, 1.165) is 23.7 Å². The quantitative estimate of drug-likeness (QED) is 0.172. The first-order valence-corrected chi connectivity index (χ1v) is 21.2. The van der Waals surface area contributed by atoms with Crippen LogP contribution in [-0.4, -0.2) is 49.3 Å². The van der Waals surface area contributed by atoms with Gasteiger partial charge in [-0.1, -0.05) is 81.1 Å². The Kier molecular flexibility index (Phi) is 10.2. The van der Waals surface area contributed by atoms with Crippen LogP contribution in [0.2, 0.25) is 0 Å². The van der Waals surface area contributed by atoms with Gasteiger partial charge in [0.05, 0.1) is 49.3 Å². The van der Waals surface area contributed by atoms with Gasteiger partial charge in [0.1, 0.15) is 0 Å². The predicted molar refractivity (Wildman–Crippen MR) is 194 cm³/mol. The van der Waals surface area contributed by atoms with Crippen LogP contribution >= 0.6 is 0 Å². The number of nitrogens with one attached hydrogen (secondary N) is 8. The van der Waals surface area contributed by atoms with Crippen LogP contribution in [0.4, 0.5) is 0 Å². The standard InChI is InChI=1S/C40H72N8.Cu/c1-17-19(3)23(7)31-29(21(17)5)37-44-35-27-15-11-9-13-25(27)33(42-35)41-34-26-14-10-12-16-28(26)36(43-34)45-38-30-22(6)18(2)20(4)24(8)32(30)40(47-38)48-39(31)46-37;/h17-48H,9-16H2,1-8H3;. The molecule has 8 bridgehead atoms. The second-order valence-corrected chi connectivity index (χ2v) is 19.6. The van der Waals surface area contributed by atoms with Crippen LogP contribution in [0.15, 0.2) is 0 Å². The van der Waals surface area contributed by atoms with Gasteiger partial charge in [-0.05, 0) is 120 Å². The van der Waals surface area contributed by atoms with Crippen LogP contribution in [0.5, 0.6) is 0 Å². The largest absolute Gasteiger partial charge is 0.286 e. The average molecular weight is 729 g/mol. The number of rotatable bonds is 0. The van der Waals surface area contributed by atoms with Gasteiger partial charge in [-0.2, -0.15) is 0 Å². The monoisotopic (exact) mass is 728 g/mol. The molecule has 1 radical (unpaired) electrons. The van der Waals surface area contributed by atoms with Crippen molar-refractivity contribution in [3.8, 4) is 0 Å². The van der Waals surface area contributed by atoms with E-state index in [2.05, 4.69) is 97.9 Å². The third kappa shape index (κ3) is 5.71. The fourth-order valence-electron chi connectivity index (χ4n) is 14.7. The molecule has 49 heavy (non-hydrogen) atoms. The number of hydrogen-bond acceptors (Lipinski definition) is 8. The van der Waals surface area contributed by atoms with Crippen molar-refractivity contribution in [2.45, 2.75) is 156 Å². The van der Waals surface area contributed by atoms with E-state index in [-0.39, 0.29) is 17.1 Å². The van der Waals surface area contributed by atoms with E-state index in [0.29, 0.717) is 120 Å². The van der Waals surface area contributed by atoms with Crippen molar-refractivity contribution in [3.05, 3.63) is 0 Å². The van der Waals surface area contributed by atoms with Crippen LogP contribution in [0.1, 0.15) is 107 Å². The summed E-state index contributed by atoms with van der Waals surface area (Å²) in [5.41, 5.74) is 0. The molecule has 0 aromatic rings. The molecule has 0 spiro atoms. The number of hydrogen-bond donors (Lipinski definition) is 8. The van der Waals surface area contributed by atoms with Gasteiger partial charge in [-0.3, -0.25) is 42.5 Å². The van der Waals surface area contributed by atoms with E-state index in [9.17, 15) is 0 Å². The van der Waals surface area contributed by atoms with Crippen molar-refractivity contribution < 1.29 is 17.1 Å². The van der Waals surface area contributed by atoms with Gasteiger partial charge in [0, 0.05) is 17.1 Å². The molecular formula is C40H72CuN8. The third-order valence-corrected chi connectivity index (χ3v) is 18.2. The fraction of sp³-hybridized carbons (Fsp3) is 1.00. The molecule has 24 atom stereocenters. The van der Waals surface area contributed by atoms with Crippen LogP contribution in [0.25, 0.3) is 0 Å². The Hall–Kier alpha value is 0.199. The SMILES string of the molecule is CC1C(C)C(C)C2C3NC(NC4NC(NC5NC(NC6NC(N3)C3C(C)C(C)C(C)C(C)C63)C3CCCCC53)C3CCCCC43)C2C1C.[Cu]. The maximum Gasteiger partial charge on any atom is 0.0631 e. The maximum atomic E-state index is 4.43. The van der Waals surface area contributed by atoms with E-state index in [1.807, 2.05) is 0 Å². The maximum absolute atomic E-state index is 4.43. The van der Waals surface area contributed by atoms with E-state index >= 15 is 0 Å². The molecule has 5 saturated heterocycles. The molecule has 9 aliphatic rings. The van der Waals surface area contributed by atoms with Crippen molar-refractivity contribution in [1.29, 1.82) is 0 Å². The molecule has 24 unspecified atom stereocenters. The molecular weight excluding hydrogens is 656 g/mol. The summed E-state index contributed by atoms with van der Waals surface area (Å²) in [6.07, 6.45) is 13.7. The van der Waals surface area contributed by atoms with Crippen LogP contribution in [0.3, 0.4) is 0 Å². The zero-order valence-corrected chi connectivity index (χ0v) is 32.8. The summed E-state index contributed by atoms with van der Waals surface area (Å²) in [5.74, 6) is 11.0. The van der Waals surface area contributed by atoms with Crippen molar-refractivity contribution in [2.24, 2.45) is 94.7 Å². The Balaban J connectivity index is 0.00000348. The smallest absolute Gasteiger partial charge is 0.0631 e. The Morgan fingerprint density at radius 2 is 0.449 bits per heavy atom. The first kappa shape index (κ1) is 36.2. The molecule has 9 heteroatoms. The molecule has 9 fully saturated rings. The Bertz CT molecular complexity index is 1090. The number of fused-ring (bicyclic) bond motifs is 20. The molecule has 8 N–H and O–H groups in total. The van der Waals surface area contributed by atoms with Gasteiger partial charge in [-0.25, -0.2) is 0 Å². The second-order valence-electron chi connectivity index (χ2n) is 19.6. The molecule has 4 saturated carbocycles. The topological polar surface area (TPSA) is 96.2 Å². The van der Waals surface area contributed by atoms with Crippen LogP contribution < -0.4 is 42.5 Å². The van der Waals surface area contributed by atoms with Gasteiger partial charge in [-0.15, -0.1) is 0 Å². The molecule has 5 heterocycles. The summed E-state index contributed by atoms with van der Waals surface area (Å²) in [7, 11) is 0. The molecule has 8 nitrogen and oxygen atoms in total. The van der Waals surface area contributed by atoms with Crippen molar-refractivity contribution in [1.82, 2.24) is 42.5 Å². The Morgan fingerprint density at radius 3 is 0.673 bits per heavy atom. The molecule has 283 valence electrons. The van der Waals surface area contributed by atoms with Gasteiger partial charge in [0.15, 0.2) is 0 Å². The van der Waals surface area contributed by atoms with Crippen molar-refractivity contribution in [3.63, 3.8) is 0 Å². The van der Waals surface area contributed by atoms with Gasteiger partial charge in [0.2, 0.25) is 0 Å². The van der Waals surface area contributed by atoms with Crippen molar-refractivity contribution >= 4 is 0 Å². The van der Waals surface area contributed by atoms with E-state index < -0.39 is 0 Å². The van der Waals surface area contributed by atoms with E-state index in [1.54, 1.807) is 0 Å². The van der Waals surface area contributed by atoms with Crippen molar-refractivity contribution in [2.75, 3.05) is 0 Å². The average Bonchev–Trinajstić information content (AvgIpc) is 3.83. The zero-order valence-electron chi connectivity index (χ0n) is 31.8. The zero-order chi connectivity index (χ0) is 33.2. The van der Waals surface area contributed by atoms with E-state index in [4.69, 9.17) is 0 Å².